The average Bonchev–Trinajstić information content (AvgIpc) is 2.59. The number of likely N-dealkylation sites (tertiary alicyclic amines) is 1. The van der Waals surface area contributed by atoms with E-state index in [9.17, 15) is 9.59 Å². The van der Waals surface area contributed by atoms with E-state index in [0.717, 1.165) is 38.0 Å². The van der Waals surface area contributed by atoms with Crippen LogP contribution in [0, 0.1) is 5.92 Å². The Morgan fingerprint density at radius 1 is 1.37 bits per heavy atom. The molecule has 27 heavy (non-hydrogen) atoms. The number of hydrogen-bond acceptors (Lipinski definition) is 5. The summed E-state index contributed by atoms with van der Waals surface area (Å²) in [6.45, 7) is 14.4. The summed E-state index contributed by atoms with van der Waals surface area (Å²) >= 11 is 0. The van der Waals surface area contributed by atoms with E-state index in [2.05, 4.69) is 22.1 Å². The fourth-order valence-corrected chi connectivity index (χ4v) is 3.30. The summed E-state index contributed by atoms with van der Waals surface area (Å²) in [5, 5.41) is 2.75. The van der Waals surface area contributed by atoms with Gasteiger partial charge in [-0.15, -0.1) is 0 Å². The largest absolute Gasteiger partial charge is 0.444 e. The highest BCUT2D eigenvalue weighted by atomic mass is 16.6. The van der Waals surface area contributed by atoms with E-state index >= 15 is 0 Å². The van der Waals surface area contributed by atoms with E-state index in [1.807, 2.05) is 40.7 Å². The summed E-state index contributed by atoms with van der Waals surface area (Å²) in [7, 11) is 0. The molecule has 1 amide bonds. The summed E-state index contributed by atoms with van der Waals surface area (Å²) in [5.41, 5.74) is 1.18. The molecule has 1 atom stereocenters. The minimum absolute atomic E-state index is 0.0913. The summed E-state index contributed by atoms with van der Waals surface area (Å²) in [4.78, 5) is 31.7. The smallest absolute Gasteiger partial charge is 0.412 e. The highest BCUT2D eigenvalue weighted by Crippen LogP contribution is 2.30. The first kappa shape index (κ1) is 21.4. The molecule has 0 aromatic carbocycles. The van der Waals surface area contributed by atoms with Gasteiger partial charge in [0.15, 0.2) is 5.78 Å². The number of nitrogens with zero attached hydrogens (tertiary/aromatic N) is 2. The molecule has 6 nitrogen and oxygen atoms in total. The zero-order valence-electron chi connectivity index (χ0n) is 17.5. The number of carbonyl (C=O) groups excluding carboxylic acids is 2. The molecule has 0 saturated carbocycles. The van der Waals surface area contributed by atoms with Crippen LogP contribution < -0.4 is 5.32 Å². The van der Waals surface area contributed by atoms with Gasteiger partial charge in [0.25, 0.3) is 0 Å². The van der Waals surface area contributed by atoms with Crippen LogP contribution in [0.4, 0.5) is 10.5 Å². The van der Waals surface area contributed by atoms with Crippen molar-refractivity contribution in [3.8, 4) is 0 Å². The topological polar surface area (TPSA) is 71.5 Å². The molecule has 1 aromatic heterocycles. The summed E-state index contributed by atoms with van der Waals surface area (Å²) in [6, 6.07) is 1.90. The first-order valence-corrected chi connectivity index (χ1v) is 9.87. The van der Waals surface area contributed by atoms with Crippen molar-refractivity contribution in [3.63, 3.8) is 0 Å². The third kappa shape index (κ3) is 6.03. The van der Waals surface area contributed by atoms with Gasteiger partial charge < -0.3 is 9.64 Å². The number of hydrogen-bond donors (Lipinski definition) is 1. The molecule has 0 radical (unpaired) electrons. The third-order valence-corrected chi connectivity index (χ3v) is 4.73. The molecular formula is C21H33N3O3. The van der Waals surface area contributed by atoms with Crippen molar-refractivity contribution >= 4 is 17.6 Å². The normalized spacial score (nSPS) is 18.4. The summed E-state index contributed by atoms with van der Waals surface area (Å²) in [6.07, 6.45) is 3.44. The number of rotatable bonds is 5. The molecule has 1 aromatic rings. The lowest BCUT2D eigenvalue weighted by atomic mass is 9.90. The van der Waals surface area contributed by atoms with Gasteiger partial charge in [-0.05, 0) is 64.3 Å². The second kappa shape index (κ2) is 8.83. The Morgan fingerprint density at radius 3 is 2.67 bits per heavy atom. The van der Waals surface area contributed by atoms with Crippen LogP contribution in [0.1, 0.15) is 76.4 Å². The van der Waals surface area contributed by atoms with Crippen LogP contribution in [-0.4, -0.2) is 47.0 Å². The van der Waals surface area contributed by atoms with E-state index in [1.54, 1.807) is 6.20 Å². The number of likely N-dealkylation sites (N-methyl/N-ethyl adjacent to an activating group) is 1. The van der Waals surface area contributed by atoms with Gasteiger partial charge in [-0.1, -0.05) is 20.8 Å². The molecule has 2 rings (SSSR count). The highest BCUT2D eigenvalue weighted by molar-refractivity contribution is 6.03. The first-order chi connectivity index (χ1) is 12.6. The van der Waals surface area contributed by atoms with Gasteiger partial charge in [-0.2, -0.15) is 0 Å². The maximum atomic E-state index is 12.6. The Balaban J connectivity index is 2.31. The van der Waals surface area contributed by atoms with Crippen molar-refractivity contribution < 1.29 is 14.3 Å². The van der Waals surface area contributed by atoms with Crippen molar-refractivity contribution in [1.82, 2.24) is 9.88 Å². The van der Waals surface area contributed by atoms with E-state index < -0.39 is 11.7 Å². The Kier molecular flexibility index (Phi) is 6.98. The van der Waals surface area contributed by atoms with Gasteiger partial charge in [0, 0.05) is 18.7 Å². The molecule has 1 aliphatic heterocycles. The molecular weight excluding hydrogens is 342 g/mol. The fraction of sp³-hybridized carbons (Fsp3) is 0.667. The van der Waals surface area contributed by atoms with Crippen LogP contribution in [0.3, 0.4) is 0 Å². The third-order valence-electron chi connectivity index (χ3n) is 4.73. The van der Waals surface area contributed by atoms with E-state index in [4.69, 9.17) is 4.74 Å². The van der Waals surface area contributed by atoms with Gasteiger partial charge in [0.1, 0.15) is 11.3 Å². The number of ether oxygens (including phenoxy) is 1. The molecule has 1 aliphatic rings. The molecule has 6 heteroatoms. The van der Waals surface area contributed by atoms with Crippen LogP contribution in [-0.2, 0) is 4.74 Å². The molecule has 1 fully saturated rings. The Hall–Kier alpha value is -1.95. The Bertz CT molecular complexity index is 680. The Morgan fingerprint density at radius 2 is 2.07 bits per heavy atom. The van der Waals surface area contributed by atoms with Crippen molar-refractivity contribution in [2.24, 2.45) is 5.92 Å². The van der Waals surface area contributed by atoms with E-state index in [-0.39, 0.29) is 11.7 Å². The van der Waals surface area contributed by atoms with Crippen molar-refractivity contribution in [3.05, 3.63) is 23.5 Å². The SMILES string of the molecule is CCN1CCCC(c2cnc(C(=O)C(C)C)c(NC(=O)OC(C)(C)C)c2)C1. The number of pyridine rings is 1. The molecule has 1 unspecified atom stereocenters. The lowest BCUT2D eigenvalue weighted by Crippen LogP contribution is -2.34. The van der Waals surface area contributed by atoms with E-state index in [1.165, 1.54) is 0 Å². The lowest BCUT2D eigenvalue weighted by Gasteiger charge is -2.32. The second-order valence-corrected chi connectivity index (χ2v) is 8.54. The molecule has 0 spiro atoms. The minimum atomic E-state index is -0.609. The Labute approximate surface area is 162 Å². The number of aromatic nitrogens is 1. The maximum absolute atomic E-state index is 12.6. The second-order valence-electron chi connectivity index (χ2n) is 8.54. The molecule has 1 N–H and O–H groups in total. The molecule has 2 heterocycles. The number of amides is 1. The molecule has 1 saturated heterocycles. The molecule has 150 valence electrons. The van der Waals surface area contributed by atoms with Crippen LogP contribution in [0.2, 0.25) is 0 Å². The average molecular weight is 376 g/mol. The van der Waals surface area contributed by atoms with Crippen molar-refractivity contribution in [1.29, 1.82) is 0 Å². The molecule has 0 bridgehead atoms. The number of anilines is 1. The first-order valence-electron chi connectivity index (χ1n) is 9.87. The van der Waals surface area contributed by atoms with Gasteiger partial charge in [-0.3, -0.25) is 15.1 Å². The standard InChI is InChI=1S/C21H33N3O3/c1-7-24-10-8-9-15(13-24)16-11-17(23-20(26)27-21(4,5)6)18(22-12-16)19(25)14(2)3/h11-12,14-15H,7-10,13H2,1-6H3,(H,23,26). The number of ketones is 1. The quantitative estimate of drug-likeness (QED) is 0.769. The minimum Gasteiger partial charge on any atom is -0.444 e. The van der Waals surface area contributed by atoms with Gasteiger partial charge in [-0.25, -0.2) is 4.79 Å². The van der Waals surface area contributed by atoms with Gasteiger partial charge in [0.2, 0.25) is 0 Å². The van der Waals surface area contributed by atoms with Gasteiger partial charge in [0.05, 0.1) is 5.69 Å². The monoisotopic (exact) mass is 375 g/mol. The zero-order chi connectivity index (χ0) is 20.2. The van der Waals surface area contributed by atoms with Gasteiger partial charge >= 0.3 is 6.09 Å². The number of Topliss-reactive ketones (excluding diaryl/α,β-unsaturated/α-hetero) is 1. The fourth-order valence-electron chi connectivity index (χ4n) is 3.30. The lowest BCUT2D eigenvalue weighted by molar-refractivity contribution is 0.0636. The predicted molar refractivity (Wildman–Crippen MR) is 107 cm³/mol. The van der Waals surface area contributed by atoms with Crippen molar-refractivity contribution in [2.45, 2.75) is 65.9 Å². The zero-order valence-corrected chi connectivity index (χ0v) is 17.5. The summed E-state index contributed by atoms with van der Waals surface area (Å²) < 4.78 is 5.36. The predicted octanol–water partition coefficient (Wildman–Crippen LogP) is 4.47. The maximum Gasteiger partial charge on any atom is 0.412 e. The van der Waals surface area contributed by atoms with E-state index in [0.29, 0.717) is 17.3 Å². The number of carbonyl (C=O) groups is 2. The summed E-state index contributed by atoms with van der Waals surface area (Å²) in [5.74, 6) is 0.0628. The number of nitrogens with one attached hydrogen (secondary N) is 1. The van der Waals surface area contributed by atoms with Crippen LogP contribution in [0.25, 0.3) is 0 Å². The number of piperidine rings is 1. The molecule has 0 aliphatic carbocycles. The van der Waals surface area contributed by atoms with Crippen molar-refractivity contribution in [2.75, 3.05) is 25.0 Å². The van der Waals surface area contributed by atoms with Crippen LogP contribution in [0.5, 0.6) is 0 Å². The highest BCUT2D eigenvalue weighted by Gasteiger charge is 2.25. The van der Waals surface area contributed by atoms with Crippen LogP contribution in [0.15, 0.2) is 12.3 Å². The van der Waals surface area contributed by atoms with Crippen LogP contribution >= 0.6 is 0 Å².